The van der Waals surface area contributed by atoms with E-state index in [1.165, 1.54) is 0 Å². The normalized spacial score (nSPS) is 12.5. The van der Waals surface area contributed by atoms with Crippen LogP contribution in [0.25, 0.3) is 0 Å². The Morgan fingerprint density at radius 2 is 2.19 bits per heavy atom. The first-order chi connectivity index (χ1) is 7.43. The zero-order valence-corrected chi connectivity index (χ0v) is 10.4. The molecular weight excluding hydrogens is 224 g/mol. The molecule has 0 spiro atoms. The summed E-state index contributed by atoms with van der Waals surface area (Å²) in [7, 11) is 0. The van der Waals surface area contributed by atoms with E-state index in [0.29, 0.717) is 5.82 Å². The van der Waals surface area contributed by atoms with Crippen LogP contribution >= 0.6 is 12.2 Å². The van der Waals surface area contributed by atoms with Gasteiger partial charge in [0.2, 0.25) is 5.91 Å². The van der Waals surface area contributed by atoms with Gasteiger partial charge in [-0.15, -0.1) is 0 Å². The summed E-state index contributed by atoms with van der Waals surface area (Å²) < 4.78 is 1.73. The third-order valence-corrected chi connectivity index (χ3v) is 2.58. The molecule has 5 nitrogen and oxygen atoms in total. The SMILES string of the molecule is CC(C(=O)Nc1ccnn1C(C)C)C(N)=S. The first-order valence-corrected chi connectivity index (χ1v) is 5.48. The van der Waals surface area contributed by atoms with Gasteiger partial charge < -0.3 is 11.1 Å². The second-order valence-electron chi connectivity index (χ2n) is 3.87. The molecule has 3 N–H and O–H groups in total. The zero-order chi connectivity index (χ0) is 12.3. The molecule has 1 rings (SSSR count). The Bertz CT molecular complexity index is 399. The van der Waals surface area contributed by atoms with Crippen molar-refractivity contribution in [2.24, 2.45) is 11.7 Å². The number of nitrogens with two attached hydrogens (primary N) is 1. The van der Waals surface area contributed by atoms with E-state index in [1.807, 2.05) is 13.8 Å². The van der Waals surface area contributed by atoms with E-state index in [9.17, 15) is 4.79 Å². The quantitative estimate of drug-likeness (QED) is 0.779. The van der Waals surface area contributed by atoms with E-state index in [1.54, 1.807) is 23.9 Å². The smallest absolute Gasteiger partial charge is 0.235 e. The zero-order valence-electron chi connectivity index (χ0n) is 9.60. The molecule has 0 aliphatic carbocycles. The summed E-state index contributed by atoms with van der Waals surface area (Å²) in [5, 5.41) is 6.86. The summed E-state index contributed by atoms with van der Waals surface area (Å²) >= 11 is 4.77. The third kappa shape index (κ3) is 2.79. The third-order valence-electron chi connectivity index (χ3n) is 2.23. The average Bonchev–Trinajstić information content (AvgIpc) is 2.64. The maximum absolute atomic E-state index is 11.7. The molecule has 0 radical (unpaired) electrons. The highest BCUT2D eigenvalue weighted by molar-refractivity contribution is 7.80. The van der Waals surface area contributed by atoms with Crippen LogP contribution in [0.5, 0.6) is 0 Å². The Morgan fingerprint density at radius 3 is 2.69 bits per heavy atom. The number of hydrogen-bond donors (Lipinski definition) is 2. The first-order valence-electron chi connectivity index (χ1n) is 5.07. The highest BCUT2D eigenvalue weighted by Crippen LogP contribution is 2.14. The molecule has 1 heterocycles. The van der Waals surface area contributed by atoms with Crippen molar-refractivity contribution < 1.29 is 4.79 Å². The van der Waals surface area contributed by atoms with Crippen LogP contribution in [0, 0.1) is 5.92 Å². The van der Waals surface area contributed by atoms with Gasteiger partial charge in [0.15, 0.2) is 0 Å². The van der Waals surface area contributed by atoms with Crippen LogP contribution < -0.4 is 11.1 Å². The summed E-state index contributed by atoms with van der Waals surface area (Å²) in [6, 6.07) is 1.93. The van der Waals surface area contributed by atoms with Crippen molar-refractivity contribution in [3.63, 3.8) is 0 Å². The fourth-order valence-electron chi connectivity index (χ4n) is 1.19. The second-order valence-corrected chi connectivity index (χ2v) is 4.34. The van der Waals surface area contributed by atoms with Gasteiger partial charge >= 0.3 is 0 Å². The monoisotopic (exact) mass is 240 g/mol. The lowest BCUT2D eigenvalue weighted by molar-refractivity contribution is -0.117. The molecule has 6 heteroatoms. The van der Waals surface area contributed by atoms with Crippen molar-refractivity contribution in [2.75, 3.05) is 5.32 Å². The van der Waals surface area contributed by atoms with E-state index in [4.69, 9.17) is 18.0 Å². The molecule has 0 aliphatic heterocycles. The first kappa shape index (κ1) is 12.6. The highest BCUT2D eigenvalue weighted by Gasteiger charge is 2.17. The topological polar surface area (TPSA) is 72.9 Å². The predicted molar refractivity (Wildman–Crippen MR) is 67.2 cm³/mol. The molecule has 0 saturated heterocycles. The lowest BCUT2D eigenvalue weighted by Gasteiger charge is -2.14. The van der Waals surface area contributed by atoms with Crippen molar-refractivity contribution in [3.8, 4) is 0 Å². The van der Waals surface area contributed by atoms with Crippen molar-refractivity contribution in [1.29, 1.82) is 0 Å². The van der Waals surface area contributed by atoms with Gasteiger partial charge in [0.1, 0.15) is 5.82 Å². The number of anilines is 1. The minimum atomic E-state index is -0.481. The van der Waals surface area contributed by atoms with Crippen LogP contribution in [0.3, 0.4) is 0 Å². The van der Waals surface area contributed by atoms with E-state index in [-0.39, 0.29) is 16.9 Å². The van der Waals surface area contributed by atoms with Crippen LogP contribution in [-0.2, 0) is 4.79 Å². The van der Waals surface area contributed by atoms with E-state index in [0.717, 1.165) is 0 Å². The summed E-state index contributed by atoms with van der Waals surface area (Å²) in [6.07, 6.45) is 1.64. The van der Waals surface area contributed by atoms with Gasteiger partial charge in [-0.05, 0) is 20.8 Å². The van der Waals surface area contributed by atoms with Gasteiger partial charge in [-0.25, -0.2) is 4.68 Å². The molecule has 1 aromatic heterocycles. The Kier molecular flexibility index (Phi) is 4.00. The van der Waals surface area contributed by atoms with Gasteiger partial charge in [-0.2, -0.15) is 5.10 Å². The largest absolute Gasteiger partial charge is 0.393 e. The maximum atomic E-state index is 11.7. The molecule has 88 valence electrons. The molecule has 0 saturated carbocycles. The Morgan fingerprint density at radius 1 is 1.56 bits per heavy atom. The Balaban J connectivity index is 2.77. The van der Waals surface area contributed by atoms with Crippen molar-refractivity contribution in [1.82, 2.24) is 9.78 Å². The van der Waals surface area contributed by atoms with Crippen LogP contribution in [-0.4, -0.2) is 20.7 Å². The average molecular weight is 240 g/mol. The molecule has 0 aromatic carbocycles. The number of carbonyl (C=O) groups is 1. The molecule has 0 aliphatic rings. The lowest BCUT2D eigenvalue weighted by Crippen LogP contribution is -2.31. The number of thiocarbonyl (C=S) groups is 1. The molecule has 1 aromatic rings. The minimum Gasteiger partial charge on any atom is -0.393 e. The summed E-state index contributed by atoms with van der Waals surface area (Å²) in [4.78, 5) is 11.9. The van der Waals surface area contributed by atoms with Crippen molar-refractivity contribution >= 4 is 28.9 Å². The van der Waals surface area contributed by atoms with Crippen LogP contribution in [0.15, 0.2) is 12.3 Å². The van der Waals surface area contributed by atoms with Gasteiger partial charge in [-0.3, -0.25) is 4.79 Å². The van der Waals surface area contributed by atoms with Crippen molar-refractivity contribution in [3.05, 3.63) is 12.3 Å². The molecule has 0 bridgehead atoms. The van der Waals surface area contributed by atoms with Crippen molar-refractivity contribution in [2.45, 2.75) is 26.8 Å². The number of carbonyl (C=O) groups excluding carboxylic acids is 1. The minimum absolute atomic E-state index is 0.186. The highest BCUT2D eigenvalue weighted by atomic mass is 32.1. The number of hydrogen-bond acceptors (Lipinski definition) is 3. The van der Waals surface area contributed by atoms with E-state index >= 15 is 0 Å². The van der Waals surface area contributed by atoms with Gasteiger partial charge in [0, 0.05) is 12.1 Å². The number of amides is 1. The number of nitrogens with one attached hydrogen (secondary N) is 1. The van der Waals surface area contributed by atoms with Crippen LogP contribution in [0.4, 0.5) is 5.82 Å². The molecule has 1 amide bonds. The Hall–Kier alpha value is -1.43. The van der Waals surface area contributed by atoms with Gasteiger partial charge in [0.05, 0.1) is 17.1 Å². The standard InChI is InChI=1S/C10H16N4OS/c1-6(2)14-8(4-5-12-14)13-10(15)7(3)9(11)16/h4-7H,1-3H3,(H2,11,16)(H,13,15). The van der Waals surface area contributed by atoms with E-state index in [2.05, 4.69) is 10.4 Å². The van der Waals surface area contributed by atoms with Gasteiger partial charge in [-0.1, -0.05) is 12.2 Å². The van der Waals surface area contributed by atoms with Gasteiger partial charge in [0.25, 0.3) is 0 Å². The summed E-state index contributed by atoms with van der Waals surface area (Å²) in [5.74, 6) is -0.0384. The Labute approximate surface area is 100 Å². The molecule has 1 atom stereocenters. The van der Waals surface area contributed by atoms with E-state index < -0.39 is 5.92 Å². The molecular formula is C10H16N4OS. The van der Waals surface area contributed by atoms with Crippen LogP contribution in [0.2, 0.25) is 0 Å². The maximum Gasteiger partial charge on any atom is 0.235 e. The summed E-state index contributed by atoms with van der Waals surface area (Å²) in [5.41, 5.74) is 5.41. The summed E-state index contributed by atoms with van der Waals surface area (Å²) in [6.45, 7) is 5.65. The predicted octanol–water partition coefficient (Wildman–Crippen LogP) is 1.32. The number of rotatable bonds is 4. The number of aromatic nitrogens is 2. The number of nitrogens with zero attached hydrogens (tertiary/aromatic N) is 2. The molecule has 16 heavy (non-hydrogen) atoms. The fourth-order valence-corrected chi connectivity index (χ4v) is 1.30. The molecule has 1 unspecified atom stereocenters. The molecule has 0 fully saturated rings. The lowest BCUT2D eigenvalue weighted by atomic mass is 10.1. The van der Waals surface area contributed by atoms with Crippen LogP contribution in [0.1, 0.15) is 26.8 Å². The fraction of sp³-hybridized carbons (Fsp3) is 0.500. The second kappa shape index (κ2) is 5.07.